The van der Waals surface area contributed by atoms with Gasteiger partial charge in [0.1, 0.15) is 17.9 Å². The maximum atomic E-state index is 11.9. The van der Waals surface area contributed by atoms with Gasteiger partial charge in [-0.15, -0.1) is 0 Å². The van der Waals surface area contributed by atoms with Gasteiger partial charge in [-0.2, -0.15) is 0 Å². The molecule has 0 radical (unpaired) electrons. The normalized spacial score (nSPS) is 10.3. The van der Waals surface area contributed by atoms with Crippen molar-refractivity contribution in [2.24, 2.45) is 0 Å². The number of ether oxygens (including phenoxy) is 1. The van der Waals surface area contributed by atoms with Crippen LogP contribution in [0.1, 0.15) is 11.1 Å². The van der Waals surface area contributed by atoms with Crippen molar-refractivity contribution in [2.45, 2.75) is 13.1 Å². The highest BCUT2D eigenvalue weighted by molar-refractivity contribution is 5.73. The van der Waals surface area contributed by atoms with Gasteiger partial charge in [0.25, 0.3) is 0 Å². The van der Waals surface area contributed by atoms with Crippen molar-refractivity contribution in [3.05, 3.63) is 72.4 Å². The van der Waals surface area contributed by atoms with Crippen molar-refractivity contribution in [2.75, 3.05) is 7.11 Å². The molecular weight excluding hydrogens is 318 g/mol. The van der Waals surface area contributed by atoms with Crippen LogP contribution in [0.5, 0.6) is 5.75 Å². The highest BCUT2D eigenvalue weighted by Crippen LogP contribution is 2.11. The average molecular weight is 337 g/mol. The Balaban J connectivity index is 1.45. The summed E-state index contributed by atoms with van der Waals surface area (Å²) in [6.45, 7) is 0.860. The summed E-state index contributed by atoms with van der Waals surface area (Å²) >= 11 is 0. The van der Waals surface area contributed by atoms with Crippen molar-refractivity contribution in [1.29, 1.82) is 0 Å². The van der Waals surface area contributed by atoms with Gasteiger partial charge in [-0.25, -0.2) is 14.8 Å². The summed E-state index contributed by atoms with van der Waals surface area (Å²) in [5.41, 5.74) is 1.92. The van der Waals surface area contributed by atoms with Crippen LogP contribution in [-0.2, 0) is 13.1 Å². The molecule has 0 aliphatic heterocycles. The summed E-state index contributed by atoms with van der Waals surface area (Å²) in [5.74, 6) is 1.57. The minimum Gasteiger partial charge on any atom is -0.497 e. The largest absolute Gasteiger partial charge is 0.497 e. The van der Waals surface area contributed by atoms with Crippen LogP contribution in [0.25, 0.3) is 5.82 Å². The molecule has 1 aromatic carbocycles. The first-order valence-corrected chi connectivity index (χ1v) is 7.82. The zero-order chi connectivity index (χ0) is 17.5. The van der Waals surface area contributed by atoms with Crippen molar-refractivity contribution < 1.29 is 9.53 Å². The lowest BCUT2D eigenvalue weighted by atomic mass is 10.2. The Morgan fingerprint density at radius 1 is 1.08 bits per heavy atom. The van der Waals surface area contributed by atoms with Crippen LogP contribution in [0.3, 0.4) is 0 Å². The minimum absolute atomic E-state index is 0.227. The molecule has 2 heterocycles. The quantitative estimate of drug-likeness (QED) is 0.723. The molecule has 2 amide bonds. The zero-order valence-electron chi connectivity index (χ0n) is 13.8. The van der Waals surface area contributed by atoms with Crippen molar-refractivity contribution >= 4 is 6.03 Å². The number of aromatic nitrogens is 3. The summed E-state index contributed by atoms with van der Waals surface area (Å²) < 4.78 is 6.92. The Labute approximate surface area is 145 Å². The molecule has 2 N–H and O–H groups in total. The molecule has 0 unspecified atom stereocenters. The highest BCUT2D eigenvalue weighted by Gasteiger charge is 2.03. The zero-order valence-corrected chi connectivity index (χ0v) is 13.8. The van der Waals surface area contributed by atoms with E-state index in [-0.39, 0.29) is 6.03 Å². The van der Waals surface area contributed by atoms with Gasteiger partial charge in [-0.3, -0.25) is 4.57 Å². The summed E-state index contributed by atoms with van der Waals surface area (Å²) in [6.07, 6.45) is 6.95. The van der Waals surface area contributed by atoms with Crippen LogP contribution >= 0.6 is 0 Å². The molecule has 0 fully saturated rings. The van der Waals surface area contributed by atoms with Gasteiger partial charge < -0.3 is 15.4 Å². The van der Waals surface area contributed by atoms with Crippen LogP contribution in [0, 0.1) is 0 Å². The monoisotopic (exact) mass is 337 g/mol. The summed E-state index contributed by atoms with van der Waals surface area (Å²) in [4.78, 5) is 20.2. The average Bonchev–Trinajstić information content (AvgIpc) is 3.20. The number of urea groups is 1. The highest BCUT2D eigenvalue weighted by atomic mass is 16.5. The van der Waals surface area contributed by atoms with Crippen molar-refractivity contribution in [1.82, 2.24) is 25.2 Å². The van der Waals surface area contributed by atoms with Crippen LogP contribution in [0.15, 0.2) is 61.3 Å². The third kappa shape index (κ3) is 4.57. The smallest absolute Gasteiger partial charge is 0.315 e. The number of rotatable bonds is 6. The molecule has 0 aliphatic rings. The lowest BCUT2D eigenvalue weighted by Crippen LogP contribution is -2.34. The summed E-state index contributed by atoms with van der Waals surface area (Å²) in [7, 11) is 1.62. The fourth-order valence-corrected chi connectivity index (χ4v) is 2.24. The van der Waals surface area contributed by atoms with Crippen molar-refractivity contribution in [3.8, 4) is 11.6 Å². The topological polar surface area (TPSA) is 81.1 Å². The molecule has 0 saturated heterocycles. The molecule has 25 heavy (non-hydrogen) atoms. The lowest BCUT2D eigenvalue weighted by molar-refractivity contribution is 0.240. The number of carbonyl (C=O) groups is 1. The fraction of sp³-hybridized carbons (Fsp3) is 0.167. The van der Waals surface area contributed by atoms with Crippen LogP contribution < -0.4 is 15.4 Å². The SMILES string of the molecule is COc1ccc(CNC(=O)NCc2ccc(-n3ccnc3)nc2)cc1. The number of hydrogen-bond acceptors (Lipinski definition) is 4. The molecule has 0 atom stereocenters. The first-order chi connectivity index (χ1) is 12.2. The maximum Gasteiger partial charge on any atom is 0.315 e. The third-order valence-electron chi connectivity index (χ3n) is 3.64. The van der Waals surface area contributed by atoms with Gasteiger partial charge in [0.2, 0.25) is 0 Å². The standard InChI is InChI=1S/C18H19N5O2/c1-25-16-5-2-14(3-6-16)10-21-18(24)22-12-15-4-7-17(20-11-15)23-9-8-19-13-23/h2-9,11,13H,10,12H2,1H3,(H2,21,22,24). The number of amides is 2. The van der Waals surface area contributed by atoms with Crippen LogP contribution in [0.2, 0.25) is 0 Å². The van der Waals surface area contributed by atoms with Gasteiger partial charge in [0, 0.05) is 31.7 Å². The van der Waals surface area contributed by atoms with E-state index in [1.165, 1.54) is 0 Å². The Morgan fingerprint density at radius 2 is 1.80 bits per heavy atom. The number of hydrogen-bond donors (Lipinski definition) is 2. The number of methoxy groups -OCH3 is 1. The number of nitrogens with one attached hydrogen (secondary N) is 2. The first kappa shape index (κ1) is 16.5. The molecule has 128 valence electrons. The number of pyridine rings is 1. The Kier molecular flexibility index (Phi) is 5.26. The Bertz CT molecular complexity index is 798. The fourth-order valence-electron chi connectivity index (χ4n) is 2.24. The van der Waals surface area contributed by atoms with E-state index in [1.807, 2.05) is 47.2 Å². The van der Waals surface area contributed by atoms with Crippen molar-refractivity contribution in [3.63, 3.8) is 0 Å². The second kappa shape index (κ2) is 7.96. The maximum absolute atomic E-state index is 11.9. The van der Waals surface area contributed by atoms with E-state index < -0.39 is 0 Å². The predicted molar refractivity (Wildman–Crippen MR) is 93.4 cm³/mol. The van der Waals surface area contributed by atoms with Crippen LogP contribution in [0.4, 0.5) is 4.79 Å². The first-order valence-electron chi connectivity index (χ1n) is 7.82. The number of imidazole rings is 1. The molecule has 0 saturated carbocycles. The molecule has 0 aliphatic carbocycles. The summed E-state index contributed by atoms with van der Waals surface area (Å²) in [5, 5.41) is 5.63. The molecule has 7 heteroatoms. The predicted octanol–water partition coefficient (Wildman–Crippen LogP) is 2.28. The Morgan fingerprint density at radius 3 is 2.40 bits per heavy atom. The van der Waals surface area contributed by atoms with Crippen LogP contribution in [-0.4, -0.2) is 27.7 Å². The number of benzene rings is 1. The molecule has 3 rings (SSSR count). The molecule has 0 bridgehead atoms. The second-order valence-electron chi connectivity index (χ2n) is 5.38. The van der Waals surface area contributed by atoms with E-state index in [4.69, 9.17) is 4.74 Å². The van der Waals surface area contributed by atoms with E-state index in [0.29, 0.717) is 13.1 Å². The molecule has 3 aromatic rings. The third-order valence-corrected chi connectivity index (χ3v) is 3.64. The van der Waals surface area contributed by atoms with E-state index in [0.717, 1.165) is 22.7 Å². The van der Waals surface area contributed by atoms with E-state index in [9.17, 15) is 4.79 Å². The molecule has 7 nitrogen and oxygen atoms in total. The van der Waals surface area contributed by atoms with E-state index >= 15 is 0 Å². The molecule has 0 spiro atoms. The van der Waals surface area contributed by atoms with E-state index in [1.54, 1.807) is 25.8 Å². The van der Waals surface area contributed by atoms with Gasteiger partial charge in [-0.05, 0) is 29.3 Å². The minimum atomic E-state index is -0.227. The number of nitrogens with zero attached hydrogens (tertiary/aromatic N) is 3. The lowest BCUT2D eigenvalue weighted by Gasteiger charge is -2.09. The van der Waals surface area contributed by atoms with E-state index in [2.05, 4.69) is 20.6 Å². The second-order valence-corrected chi connectivity index (χ2v) is 5.38. The van der Waals surface area contributed by atoms with Gasteiger partial charge in [-0.1, -0.05) is 18.2 Å². The molecule has 2 aromatic heterocycles. The summed E-state index contributed by atoms with van der Waals surface area (Å²) in [6, 6.07) is 11.1. The van der Waals surface area contributed by atoms with Gasteiger partial charge >= 0.3 is 6.03 Å². The van der Waals surface area contributed by atoms with Gasteiger partial charge in [0.15, 0.2) is 0 Å². The Hall–Kier alpha value is -3.35. The molecular formula is C18H19N5O2. The van der Waals surface area contributed by atoms with Gasteiger partial charge in [0.05, 0.1) is 7.11 Å². The number of carbonyl (C=O) groups excluding carboxylic acids is 1.